The monoisotopic (exact) mass is 459 g/mol. The lowest BCUT2D eigenvalue weighted by Gasteiger charge is -2.42. The molecule has 0 unspecified atom stereocenters. The van der Waals surface area contributed by atoms with Gasteiger partial charge in [-0.05, 0) is 65.2 Å². The Bertz CT molecular complexity index is 1140. The van der Waals surface area contributed by atoms with Crippen LogP contribution >= 0.6 is 11.3 Å². The minimum absolute atomic E-state index is 0.0751. The van der Waals surface area contributed by atoms with E-state index in [1.165, 1.54) is 11.3 Å². The molecule has 0 saturated heterocycles. The summed E-state index contributed by atoms with van der Waals surface area (Å²) >= 11 is 1.42. The topological polar surface area (TPSA) is 99.1 Å². The van der Waals surface area contributed by atoms with E-state index in [2.05, 4.69) is 44.4 Å². The molecule has 2 heterocycles. The molecule has 1 amide bonds. The molecule has 0 fully saturated rings. The third-order valence-electron chi connectivity index (χ3n) is 5.41. The average Bonchev–Trinajstić information content (AvgIpc) is 2.97. The van der Waals surface area contributed by atoms with Gasteiger partial charge in [0.1, 0.15) is 11.1 Å². The van der Waals surface area contributed by atoms with E-state index in [0.29, 0.717) is 17.0 Å². The van der Waals surface area contributed by atoms with Crippen molar-refractivity contribution in [2.75, 3.05) is 11.1 Å². The molecular formula is C23H29N3O3S2. The number of hydrogen-bond acceptors (Lipinski definition) is 6. The minimum Gasteiger partial charge on any atom is -0.317 e. The average molecular weight is 460 g/mol. The number of fused-ring (bicyclic) bond motifs is 1. The highest BCUT2D eigenvalue weighted by Crippen LogP contribution is 2.44. The van der Waals surface area contributed by atoms with Crippen molar-refractivity contribution in [1.82, 2.24) is 5.32 Å². The molecule has 8 heteroatoms. The van der Waals surface area contributed by atoms with Gasteiger partial charge in [-0.2, -0.15) is 5.26 Å². The molecule has 31 heavy (non-hydrogen) atoms. The van der Waals surface area contributed by atoms with Crippen molar-refractivity contribution in [3.8, 4) is 6.07 Å². The van der Waals surface area contributed by atoms with E-state index in [4.69, 9.17) is 0 Å². The summed E-state index contributed by atoms with van der Waals surface area (Å²) in [5.74, 6) is -0.375. The van der Waals surface area contributed by atoms with Crippen molar-refractivity contribution >= 4 is 32.1 Å². The summed E-state index contributed by atoms with van der Waals surface area (Å²) in [6.45, 7) is 10.3. The molecular weight excluding hydrogens is 430 g/mol. The van der Waals surface area contributed by atoms with Crippen LogP contribution in [0, 0.1) is 18.3 Å². The molecule has 0 radical (unpaired) electrons. The third kappa shape index (κ3) is 5.17. The van der Waals surface area contributed by atoms with Crippen LogP contribution in [-0.2, 0) is 26.6 Å². The van der Waals surface area contributed by atoms with Crippen molar-refractivity contribution in [2.24, 2.45) is 0 Å². The number of benzene rings is 1. The Morgan fingerprint density at radius 2 is 1.87 bits per heavy atom. The van der Waals surface area contributed by atoms with Crippen molar-refractivity contribution < 1.29 is 13.2 Å². The first-order chi connectivity index (χ1) is 14.3. The molecule has 0 saturated carbocycles. The highest BCUT2D eigenvalue weighted by Gasteiger charge is 2.40. The van der Waals surface area contributed by atoms with Gasteiger partial charge in [-0.3, -0.25) is 4.79 Å². The third-order valence-corrected chi connectivity index (χ3v) is 8.69. The lowest BCUT2D eigenvalue weighted by atomic mass is 9.81. The number of aryl methyl sites for hydroxylation is 1. The fraction of sp³-hybridized carbons (Fsp3) is 0.478. The Balaban J connectivity index is 1.68. The van der Waals surface area contributed by atoms with Crippen LogP contribution in [0.1, 0.15) is 62.1 Å². The van der Waals surface area contributed by atoms with Gasteiger partial charge < -0.3 is 10.6 Å². The number of amides is 1. The highest BCUT2D eigenvalue weighted by atomic mass is 32.2. The molecule has 0 aliphatic carbocycles. The zero-order valence-electron chi connectivity index (χ0n) is 18.6. The maximum atomic E-state index is 12.5. The van der Waals surface area contributed by atoms with Crippen LogP contribution in [0.5, 0.6) is 0 Å². The Kier molecular flexibility index (Phi) is 6.34. The molecule has 166 valence electrons. The fourth-order valence-corrected chi connectivity index (χ4v) is 6.76. The number of nitrogens with one attached hydrogen (secondary N) is 2. The standard InChI is InChI=1S/C23H29N3O3S2/c1-15-8-10-16(11-9-15)31(28,29)12-6-7-19(27)25-21-18(14-24)17-13-22(2,3)26-23(4,5)20(17)30-21/h8-11,26H,6-7,12-13H2,1-5H3,(H,25,27). The quantitative estimate of drug-likeness (QED) is 0.672. The molecule has 1 aromatic carbocycles. The SMILES string of the molecule is Cc1ccc(S(=O)(=O)CCCC(=O)Nc2sc3c(c2C#N)CC(C)(C)NC3(C)C)cc1. The lowest BCUT2D eigenvalue weighted by molar-refractivity contribution is -0.116. The number of anilines is 1. The van der Waals surface area contributed by atoms with E-state index < -0.39 is 9.84 Å². The van der Waals surface area contributed by atoms with Crippen molar-refractivity contribution in [3.05, 3.63) is 45.8 Å². The van der Waals surface area contributed by atoms with E-state index in [9.17, 15) is 18.5 Å². The molecule has 2 aromatic rings. The zero-order valence-corrected chi connectivity index (χ0v) is 20.3. The molecule has 0 spiro atoms. The first-order valence-corrected chi connectivity index (χ1v) is 12.8. The van der Waals surface area contributed by atoms with Crippen LogP contribution in [0.3, 0.4) is 0 Å². The number of rotatable bonds is 6. The molecule has 0 bridgehead atoms. The molecule has 0 atom stereocenters. The van der Waals surface area contributed by atoms with Crippen LogP contribution in [0.15, 0.2) is 29.2 Å². The van der Waals surface area contributed by atoms with Gasteiger partial charge in [-0.25, -0.2) is 8.42 Å². The molecule has 3 rings (SSSR count). The van der Waals surface area contributed by atoms with Crippen LogP contribution in [0.25, 0.3) is 0 Å². The van der Waals surface area contributed by atoms with Crippen LogP contribution in [-0.4, -0.2) is 25.6 Å². The van der Waals surface area contributed by atoms with Crippen LogP contribution in [0.4, 0.5) is 5.00 Å². The fourth-order valence-electron chi connectivity index (χ4n) is 4.21. The number of carbonyl (C=O) groups excluding carboxylic acids is 1. The van der Waals surface area contributed by atoms with Gasteiger partial charge in [0.15, 0.2) is 9.84 Å². The Morgan fingerprint density at radius 3 is 2.48 bits per heavy atom. The highest BCUT2D eigenvalue weighted by molar-refractivity contribution is 7.91. The van der Waals surface area contributed by atoms with E-state index >= 15 is 0 Å². The van der Waals surface area contributed by atoms with Gasteiger partial charge in [-0.1, -0.05) is 17.7 Å². The smallest absolute Gasteiger partial charge is 0.225 e. The van der Waals surface area contributed by atoms with Gasteiger partial charge in [0.2, 0.25) is 5.91 Å². The van der Waals surface area contributed by atoms with Gasteiger partial charge in [-0.15, -0.1) is 11.3 Å². The molecule has 1 aliphatic rings. The Labute approximate surface area is 188 Å². The number of nitrogens with zero attached hydrogens (tertiary/aromatic N) is 1. The molecule has 1 aliphatic heterocycles. The van der Waals surface area contributed by atoms with E-state index in [0.717, 1.165) is 16.0 Å². The number of thiophene rings is 1. The van der Waals surface area contributed by atoms with Crippen LogP contribution < -0.4 is 10.6 Å². The molecule has 2 N–H and O–H groups in total. The van der Waals surface area contributed by atoms with E-state index in [1.54, 1.807) is 24.3 Å². The second kappa shape index (κ2) is 8.38. The zero-order chi connectivity index (χ0) is 23.0. The number of carbonyl (C=O) groups is 1. The number of nitriles is 1. The summed E-state index contributed by atoms with van der Waals surface area (Å²) in [5, 5.41) is 16.7. The van der Waals surface area contributed by atoms with Crippen molar-refractivity contribution in [1.29, 1.82) is 5.26 Å². The summed E-state index contributed by atoms with van der Waals surface area (Å²) in [4.78, 5) is 13.9. The van der Waals surface area contributed by atoms with Crippen molar-refractivity contribution in [2.45, 2.75) is 69.9 Å². The second-order valence-electron chi connectivity index (χ2n) is 9.32. The Hall–Kier alpha value is -2.21. The van der Waals surface area contributed by atoms with Gasteiger partial charge in [0.25, 0.3) is 0 Å². The predicted molar refractivity (Wildman–Crippen MR) is 124 cm³/mol. The summed E-state index contributed by atoms with van der Waals surface area (Å²) in [7, 11) is -3.43. The minimum atomic E-state index is -3.43. The van der Waals surface area contributed by atoms with E-state index in [1.807, 2.05) is 6.92 Å². The van der Waals surface area contributed by atoms with Crippen LogP contribution in [0.2, 0.25) is 0 Å². The maximum absolute atomic E-state index is 12.5. The number of hydrogen-bond donors (Lipinski definition) is 2. The molecule has 6 nitrogen and oxygen atoms in total. The van der Waals surface area contributed by atoms with Gasteiger partial charge >= 0.3 is 0 Å². The van der Waals surface area contributed by atoms with Gasteiger partial charge in [0, 0.05) is 22.4 Å². The van der Waals surface area contributed by atoms with Gasteiger partial charge in [0.05, 0.1) is 16.2 Å². The first kappa shape index (κ1) is 23.5. The normalized spacial score (nSPS) is 16.9. The van der Waals surface area contributed by atoms with E-state index in [-0.39, 0.29) is 40.5 Å². The first-order valence-electron chi connectivity index (χ1n) is 10.3. The maximum Gasteiger partial charge on any atom is 0.225 e. The molecule has 1 aromatic heterocycles. The Morgan fingerprint density at radius 1 is 1.23 bits per heavy atom. The summed E-state index contributed by atoms with van der Waals surface area (Å²) in [5.41, 5.74) is 2.03. The van der Waals surface area contributed by atoms with Crippen molar-refractivity contribution in [3.63, 3.8) is 0 Å². The summed E-state index contributed by atoms with van der Waals surface area (Å²) in [6.07, 6.45) is 0.997. The predicted octanol–water partition coefficient (Wildman–Crippen LogP) is 4.28. The lowest BCUT2D eigenvalue weighted by Crippen LogP contribution is -2.54. The second-order valence-corrected chi connectivity index (χ2v) is 12.4. The largest absolute Gasteiger partial charge is 0.317 e. The summed E-state index contributed by atoms with van der Waals surface area (Å²) in [6, 6.07) is 8.98. The summed E-state index contributed by atoms with van der Waals surface area (Å²) < 4.78 is 24.9. The number of sulfone groups is 1.